The van der Waals surface area contributed by atoms with Gasteiger partial charge < -0.3 is 9.47 Å². The van der Waals surface area contributed by atoms with Crippen LogP contribution in [0, 0.1) is 0 Å². The van der Waals surface area contributed by atoms with Crippen molar-refractivity contribution in [2.45, 2.75) is 26.3 Å². The number of allylic oxidation sites excluding steroid dienone is 5. The number of hydrogen-bond donors (Lipinski definition) is 0. The Labute approximate surface area is 201 Å². The van der Waals surface area contributed by atoms with Crippen molar-refractivity contribution in [3.8, 4) is 16.9 Å². The third-order valence-corrected chi connectivity index (χ3v) is 6.51. The molecule has 0 radical (unpaired) electrons. The lowest BCUT2D eigenvalue weighted by atomic mass is 9.95. The lowest BCUT2D eigenvalue weighted by Gasteiger charge is -2.26. The van der Waals surface area contributed by atoms with Gasteiger partial charge in [-0.3, -0.25) is 14.6 Å². The highest BCUT2D eigenvalue weighted by atomic mass is 16.5. The largest absolute Gasteiger partial charge is 0.492 e. The molecular weight excluding hydrogens is 424 g/mol. The first-order valence-corrected chi connectivity index (χ1v) is 12.1. The van der Waals surface area contributed by atoms with Gasteiger partial charge in [0.15, 0.2) is 0 Å². The summed E-state index contributed by atoms with van der Waals surface area (Å²) in [6, 6.07) is 8.33. The molecule has 0 amide bonds. The van der Waals surface area contributed by atoms with Crippen molar-refractivity contribution in [2.75, 3.05) is 39.5 Å². The first-order chi connectivity index (χ1) is 16.7. The molecule has 0 bridgehead atoms. The van der Waals surface area contributed by atoms with E-state index >= 15 is 0 Å². The summed E-state index contributed by atoms with van der Waals surface area (Å²) < 4.78 is 13.6. The van der Waals surface area contributed by atoms with Crippen molar-refractivity contribution in [1.29, 1.82) is 0 Å². The highest BCUT2D eigenvalue weighted by molar-refractivity contribution is 5.99. The number of pyridine rings is 1. The zero-order valence-electron chi connectivity index (χ0n) is 19.9. The van der Waals surface area contributed by atoms with Gasteiger partial charge in [0, 0.05) is 55.1 Å². The molecule has 1 aromatic carbocycles. The fraction of sp³-hybridized carbons (Fsp3) is 0.357. The van der Waals surface area contributed by atoms with Crippen molar-refractivity contribution in [1.82, 2.24) is 19.7 Å². The smallest absolute Gasteiger partial charge is 0.121 e. The summed E-state index contributed by atoms with van der Waals surface area (Å²) in [7, 11) is 0. The summed E-state index contributed by atoms with van der Waals surface area (Å²) in [5.74, 6) is 0.851. The Kier molecular flexibility index (Phi) is 6.88. The first-order valence-electron chi connectivity index (χ1n) is 12.1. The molecule has 1 saturated heterocycles. The number of nitrogens with zero attached hydrogens (tertiary/aromatic N) is 4. The van der Waals surface area contributed by atoms with Gasteiger partial charge in [0.05, 0.1) is 24.4 Å². The van der Waals surface area contributed by atoms with Gasteiger partial charge >= 0.3 is 0 Å². The average Bonchev–Trinajstić information content (AvgIpc) is 3.46. The first kappa shape index (κ1) is 22.6. The summed E-state index contributed by atoms with van der Waals surface area (Å²) >= 11 is 0. The van der Waals surface area contributed by atoms with Crippen LogP contribution in [-0.4, -0.2) is 59.1 Å². The number of fused-ring (bicyclic) bond motifs is 2. The normalized spacial score (nSPS) is 16.6. The summed E-state index contributed by atoms with van der Waals surface area (Å²) in [6.07, 6.45) is 12.1. The maximum atomic E-state index is 6.07. The zero-order chi connectivity index (χ0) is 23.3. The average molecular weight is 457 g/mol. The Morgan fingerprint density at radius 2 is 2.06 bits per heavy atom. The molecule has 0 spiro atoms. The van der Waals surface area contributed by atoms with E-state index in [2.05, 4.69) is 39.3 Å². The molecule has 1 fully saturated rings. The molecule has 2 aromatic heterocycles. The molecule has 0 unspecified atom stereocenters. The molecule has 2 aliphatic rings. The summed E-state index contributed by atoms with van der Waals surface area (Å²) in [4.78, 5) is 7.04. The van der Waals surface area contributed by atoms with Gasteiger partial charge in [-0.2, -0.15) is 5.10 Å². The van der Waals surface area contributed by atoms with Gasteiger partial charge in [-0.25, -0.2) is 0 Å². The van der Waals surface area contributed by atoms with E-state index in [4.69, 9.17) is 14.6 Å². The van der Waals surface area contributed by atoms with Crippen LogP contribution in [0.15, 0.2) is 61.3 Å². The SMILES string of the molecule is C=C(/C=C\C=C/C)c1nn2c(c1-c1ccnc3cc(OCCN4CCOCC4)ccc13)CCC2. The third-order valence-electron chi connectivity index (χ3n) is 6.51. The fourth-order valence-corrected chi connectivity index (χ4v) is 4.75. The molecule has 4 heterocycles. The molecular formula is C28H32N4O2. The van der Waals surface area contributed by atoms with E-state index in [1.54, 1.807) is 0 Å². The number of aromatic nitrogens is 3. The molecule has 176 valence electrons. The van der Waals surface area contributed by atoms with Crippen molar-refractivity contribution >= 4 is 16.5 Å². The summed E-state index contributed by atoms with van der Waals surface area (Å²) in [5, 5.41) is 6.05. The second kappa shape index (κ2) is 10.4. The minimum absolute atomic E-state index is 0.657. The molecule has 0 N–H and O–H groups in total. The van der Waals surface area contributed by atoms with E-state index in [-0.39, 0.29) is 0 Å². The highest BCUT2D eigenvalue weighted by Crippen LogP contribution is 2.38. The predicted molar refractivity (Wildman–Crippen MR) is 137 cm³/mol. The van der Waals surface area contributed by atoms with Crippen molar-refractivity contribution in [3.63, 3.8) is 0 Å². The van der Waals surface area contributed by atoms with E-state index in [1.807, 2.05) is 43.5 Å². The van der Waals surface area contributed by atoms with Crippen LogP contribution >= 0.6 is 0 Å². The Balaban J connectivity index is 1.43. The van der Waals surface area contributed by atoms with Crippen LogP contribution in [0.2, 0.25) is 0 Å². The number of rotatable bonds is 8. The number of ether oxygens (including phenoxy) is 2. The Hall–Kier alpha value is -3.22. The topological polar surface area (TPSA) is 52.4 Å². The quantitative estimate of drug-likeness (QED) is 0.451. The van der Waals surface area contributed by atoms with E-state index < -0.39 is 0 Å². The number of benzene rings is 1. The van der Waals surface area contributed by atoms with Crippen molar-refractivity contribution in [3.05, 3.63) is 72.7 Å². The van der Waals surface area contributed by atoms with Crippen molar-refractivity contribution < 1.29 is 9.47 Å². The van der Waals surface area contributed by atoms with Crippen LogP contribution in [0.4, 0.5) is 0 Å². The summed E-state index contributed by atoms with van der Waals surface area (Å²) in [5.41, 5.74) is 6.43. The third kappa shape index (κ3) is 4.69. The lowest BCUT2D eigenvalue weighted by Crippen LogP contribution is -2.38. The molecule has 34 heavy (non-hydrogen) atoms. The van der Waals surface area contributed by atoms with Gasteiger partial charge in [0.25, 0.3) is 0 Å². The van der Waals surface area contributed by atoms with Gasteiger partial charge in [-0.05, 0) is 49.1 Å². The van der Waals surface area contributed by atoms with Crippen LogP contribution < -0.4 is 4.74 Å². The molecule has 0 atom stereocenters. The lowest BCUT2D eigenvalue weighted by molar-refractivity contribution is 0.0322. The standard InChI is InChI=1S/C28H32N4O2/c1-3-4-5-7-21(2)28-27(26-8-6-13-32(26)30-28)24-11-12-29-25-20-22(9-10-23(24)25)34-19-16-31-14-17-33-18-15-31/h3-5,7,9-12,20H,2,6,8,13-19H2,1H3/b4-3-,7-5-. The number of aryl methyl sites for hydroxylation is 1. The minimum atomic E-state index is 0.657. The van der Waals surface area contributed by atoms with Crippen LogP contribution in [0.1, 0.15) is 24.7 Å². The van der Waals surface area contributed by atoms with Gasteiger partial charge in [0.2, 0.25) is 0 Å². The second-order valence-electron chi connectivity index (χ2n) is 8.75. The number of hydrogen-bond acceptors (Lipinski definition) is 5. The van der Waals surface area contributed by atoms with Gasteiger partial charge in [-0.1, -0.05) is 30.9 Å². The van der Waals surface area contributed by atoms with Gasteiger partial charge in [0.1, 0.15) is 12.4 Å². The molecule has 6 nitrogen and oxygen atoms in total. The van der Waals surface area contributed by atoms with Crippen molar-refractivity contribution in [2.24, 2.45) is 0 Å². The fourth-order valence-electron chi connectivity index (χ4n) is 4.75. The maximum absolute atomic E-state index is 6.07. The Bertz CT molecular complexity index is 1230. The van der Waals surface area contributed by atoms with Crippen LogP contribution in [-0.2, 0) is 17.7 Å². The Morgan fingerprint density at radius 1 is 1.18 bits per heavy atom. The van der Waals surface area contributed by atoms with E-state index in [1.165, 1.54) is 11.3 Å². The van der Waals surface area contributed by atoms with Crippen LogP contribution in [0.3, 0.4) is 0 Å². The Morgan fingerprint density at radius 3 is 2.91 bits per heavy atom. The minimum Gasteiger partial charge on any atom is -0.492 e. The summed E-state index contributed by atoms with van der Waals surface area (Å²) in [6.45, 7) is 12.4. The molecule has 3 aromatic rings. The maximum Gasteiger partial charge on any atom is 0.121 e. The molecule has 2 aliphatic heterocycles. The van der Waals surface area contributed by atoms with E-state index in [9.17, 15) is 0 Å². The predicted octanol–water partition coefficient (Wildman–Crippen LogP) is 4.90. The monoisotopic (exact) mass is 456 g/mol. The van der Waals surface area contributed by atoms with Crippen LogP contribution in [0.25, 0.3) is 27.6 Å². The molecule has 0 aliphatic carbocycles. The second-order valence-corrected chi connectivity index (χ2v) is 8.75. The van der Waals surface area contributed by atoms with Crippen LogP contribution in [0.5, 0.6) is 5.75 Å². The van der Waals surface area contributed by atoms with Gasteiger partial charge in [-0.15, -0.1) is 0 Å². The number of morpholine rings is 1. The zero-order valence-corrected chi connectivity index (χ0v) is 19.9. The molecule has 6 heteroatoms. The molecule has 0 saturated carbocycles. The van der Waals surface area contributed by atoms with E-state index in [0.717, 1.165) is 85.7 Å². The highest BCUT2D eigenvalue weighted by Gasteiger charge is 2.25. The van der Waals surface area contributed by atoms with E-state index in [0.29, 0.717) is 6.61 Å². The molecule has 5 rings (SSSR count).